The number of anilines is 1. The van der Waals surface area contributed by atoms with E-state index in [-0.39, 0.29) is 11.9 Å². The number of carbonyl (C=O) groups excluding carboxylic acids is 1. The molecule has 1 fully saturated rings. The van der Waals surface area contributed by atoms with Gasteiger partial charge in [-0.15, -0.1) is 0 Å². The minimum Gasteiger partial charge on any atom is -0.497 e. The van der Waals surface area contributed by atoms with Crippen molar-refractivity contribution in [2.45, 2.75) is 38.8 Å². The highest BCUT2D eigenvalue weighted by molar-refractivity contribution is 5.94. The van der Waals surface area contributed by atoms with Gasteiger partial charge in [0.2, 0.25) is 5.91 Å². The number of hydrogen-bond acceptors (Lipinski definition) is 3. The summed E-state index contributed by atoms with van der Waals surface area (Å²) in [5.74, 6) is -0.278. The molecule has 1 saturated heterocycles. The van der Waals surface area contributed by atoms with Crippen LogP contribution in [0.3, 0.4) is 0 Å². The van der Waals surface area contributed by atoms with E-state index in [2.05, 4.69) is 4.90 Å². The monoisotopic (exact) mass is 388 g/mol. The summed E-state index contributed by atoms with van der Waals surface area (Å²) in [6.45, 7) is 3.81. The van der Waals surface area contributed by atoms with E-state index in [1.54, 1.807) is 7.11 Å². The van der Waals surface area contributed by atoms with Crippen molar-refractivity contribution < 1.29 is 18.3 Å². The van der Waals surface area contributed by atoms with Crippen LogP contribution in [0.2, 0.25) is 0 Å². The molecule has 3 rings (SSSR count). The number of nitrogens with zero attached hydrogens (tertiary/aromatic N) is 2. The van der Waals surface area contributed by atoms with Gasteiger partial charge in [0.1, 0.15) is 17.4 Å². The summed E-state index contributed by atoms with van der Waals surface area (Å²) in [6, 6.07) is 11.4. The first-order valence-electron chi connectivity index (χ1n) is 9.64. The lowest BCUT2D eigenvalue weighted by atomic mass is 10.0. The summed E-state index contributed by atoms with van der Waals surface area (Å²) in [5, 5.41) is 0. The van der Waals surface area contributed by atoms with Gasteiger partial charge < -0.3 is 9.64 Å². The number of hydrogen-bond donors (Lipinski definition) is 0. The number of likely N-dealkylation sites (tertiary alicyclic amines) is 1. The number of halogens is 2. The van der Waals surface area contributed by atoms with Crippen LogP contribution in [0, 0.1) is 11.6 Å². The van der Waals surface area contributed by atoms with Crippen molar-refractivity contribution >= 4 is 11.6 Å². The Morgan fingerprint density at radius 2 is 1.93 bits per heavy atom. The van der Waals surface area contributed by atoms with E-state index in [9.17, 15) is 13.6 Å². The Labute approximate surface area is 164 Å². The molecule has 0 N–H and O–H groups in total. The van der Waals surface area contributed by atoms with Gasteiger partial charge in [-0.1, -0.05) is 19.1 Å². The van der Waals surface area contributed by atoms with Crippen LogP contribution in [-0.4, -0.2) is 37.0 Å². The number of piperidine rings is 1. The Hall–Kier alpha value is -2.47. The van der Waals surface area contributed by atoms with E-state index in [0.717, 1.165) is 43.4 Å². The zero-order valence-electron chi connectivity index (χ0n) is 16.3. The Kier molecular flexibility index (Phi) is 6.62. The largest absolute Gasteiger partial charge is 0.497 e. The fourth-order valence-electron chi connectivity index (χ4n) is 3.72. The maximum Gasteiger partial charge on any atom is 0.226 e. The SMILES string of the molecule is CCC(=O)N(c1cccc(OC)c1)C1CCN(Cc2ccc(F)cc2F)CC1. The second-order valence-electron chi connectivity index (χ2n) is 7.06. The van der Waals surface area contributed by atoms with Crippen LogP contribution >= 0.6 is 0 Å². The molecule has 0 saturated carbocycles. The summed E-state index contributed by atoms with van der Waals surface area (Å²) < 4.78 is 32.3. The van der Waals surface area contributed by atoms with Crippen LogP contribution in [-0.2, 0) is 11.3 Å². The lowest BCUT2D eigenvalue weighted by molar-refractivity contribution is -0.119. The van der Waals surface area contributed by atoms with Gasteiger partial charge in [-0.2, -0.15) is 0 Å². The van der Waals surface area contributed by atoms with Crippen molar-refractivity contribution in [3.8, 4) is 5.75 Å². The molecule has 1 aliphatic heterocycles. The van der Waals surface area contributed by atoms with Gasteiger partial charge in [-0.05, 0) is 31.0 Å². The van der Waals surface area contributed by atoms with Gasteiger partial charge in [-0.3, -0.25) is 9.69 Å². The van der Waals surface area contributed by atoms with Gasteiger partial charge in [0.05, 0.1) is 7.11 Å². The second-order valence-corrected chi connectivity index (χ2v) is 7.06. The number of benzene rings is 2. The van der Waals surface area contributed by atoms with E-state index in [4.69, 9.17) is 4.74 Å². The molecule has 150 valence electrons. The highest BCUT2D eigenvalue weighted by atomic mass is 19.1. The first-order chi connectivity index (χ1) is 13.5. The summed E-state index contributed by atoms with van der Waals surface area (Å²) in [6.07, 6.45) is 2.02. The average molecular weight is 388 g/mol. The third-order valence-corrected chi connectivity index (χ3v) is 5.23. The van der Waals surface area contributed by atoms with Crippen LogP contribution in [0.5, 0.6) is 5.75 Å². The molecule has 0 aromatic heterocycles. The van der Waals surface area contributed by atoms with E-state index >= 15 is 0 Å². The van der Waals surface area contributed by atoms with E-state index < -0.39 is 11.6 Å². The summed E-state index contributed by atoms with van der Waals surface area (Å²) >= 11 is 0. The highest BCUT2D eigenvalue weighted by Crippen LogP contribution is 2.28. The van der Waals surface area contributed by atoms with Crippen molar-refractivity contribution in [2.24, 2.45) is 0 Å². The second kappa shape index (κ2) is 9.15. The maximum absolute atomic E-state index is 13.9. The molecule has 0 spiro atoms. The summed E-state index contributed by atoms with van der Waals surface area (Å²) in [4.78, 5) is 16.7. The van der Waals surface area contributed by atoms with Gasteiger partial charge in [0.15, 0.2) is 0 Å². The maximum atomic E-state index is 13.9. The minimum atomic E-state index is -0.563. The molecule has 1 heterocycles. The van der Waals surface area contributed by atoms with Gasteiger partial charge in [0, 0.05) is 55.5 Å². The molecule has 1 aliphatic rings. The Bertz CT molecular complexity index is 820. The molecule has 4 nitrogen and oxygen atoms in total. The topological polar surface area (TPSA) is 32.8 Å². The number of methoxy groups -OCH3 is 1. The Balaban J connectivity index is 1.69. The molecule has 1 amide bonds. The normalized spacial score (nSPS) is 15.4. The van der Waals surface area contributed by atoms with Crippen LogP contribution in [0.1, 0.15) is 31.7 Å². The van der Waals surface area contributed by atoms with E-state index in [1.807, 2.05) is 36.1 Å². The zero-order valence-corrected chi connectivity index (χ0v) is 16.3. The number of ether oxygens (including phenoxy) is 1. The molecule has 0 atom stereocenters. The van der Waals surface area contributed by atoms with Crippen LogP contribution < -0.4 is 9.64 Å². The molecular weight excluding hydrogens is 362 g/mol. The molecular formula is C22H26F2N2O2. The van der Waals surface area contributed by atoms with Crippen molar-refractivity contribution in [1.29, 1.82) is 0 Å². The Morgan fingerprint density at radius 1 is 1.18 bits per heavy atom. The van der Waals surface area contributed by atoms with E-state index in [1.165, 1.54) is 12.1 Å². The van der Waals surface area contributed by atoms with Crippen LogP contribution in [0.4, 0.5) is 14.5 Å². The molecule has 28 heavy (non-hydrogen) atoms. The first-order valence-corrected chi connectivity index (χ1v) is 9.64. The van der Waals surface area contributed by atoms with E-state index in [0.29, 0.717) is 18.5 Å². The zero-order chi connectivity index (χ0) is 20.1. The first kappa shape index (κ1) is 20.3. The van der Waals surface area contributed by atoms with Gasteiger partial charge >= 0.3 is 0 Å². The van der Waals surface area contributed by atoms with Crippen LogP contribution in [0.25, 0.3) is 0 Å². The third-order valence-electron chi connectivity index (χ3n) is 5.23. The van der Waals surface area contributed by atoms with Crippen molar-refractivity contribution in [3.05, 3.63) is 59.7 Å². The van der Waals surface area contributed by atoms with Gasteiger partial charge in [0.25, 0.3) is 0 Å². The highest BCUT2D eigenvalue weighted by Gasteiger charge is 2.29. The lowest BCUT2D eigenvalue weighted by Gasteiger charge is -2.38. The van der Waals surface area contributed by atoms with Crippen molar-refractivity contribution in [2.75, 3.05) is 25.1 Å². The number of rotatable bonds is 6. The molecule has 0 bridgehead atoms. The predicted molar refractivity (Wildman–Crippen MR) is 105 cm³/mol. The van der Waals surface area contributed by atoms with Crippen molar-refractivity contribution in [3.63, 3.8) is 0 Å². The Morgan fingerprint density at radius 3 is 2.57 bits per heavy atom. The molecule has 2 aromatic carbocycles. The van der Waals surface area contributed by atoms with Gasteiger partial charge in [-0.25, -0.2) is 8.78 Å². The molecule has 6 heteroatoms. The quantitative estimate of drug-likeness (QED) is 0.736. The number of carbonyl (C=O) groups is 1. The average Bonchev–Trinajstić information content (AvgIpc) is 2.71. The smallest absolute Gasteiger partial charge is 0.226 e. The summed E-state index contributed by atoms with van der Waals surface area (Å²) in [7, 11) is 1.61. The number of amides is 1. The molecule has 0 aliphatic carbocycles. The molecule has 2 aromatic rings. The summed E-state index contributed by atoms with van der Waals surface area (Å²) in [5.41, 5.74) is 1.34. The fraction of sp³-hybridized carbons (Fsp3) is 0.409. The van der Waals surface area contributed by atoms with Crippen molar-refractivity contribution in [1.82, 2.24) is 4.90 Å². The fourth-order valence-corrected chi connectivity index (χ4v) is 3.72. The molecule has 0 unspecified atom stereocenters. The lowest BCUT2D eigenvalue weighted by Crippen LogP contribution is -2.47. The minimum absolute atomic E-state index is 0.0799. The van der Waals surface area contributed by atoms with Crippen LogP contribution in [0.15, 0.2) is 42.5 Å². The standard InChI is InChI=1S/C22H26F2N2O2/c1-3-22(27)26(19-5-4-6-20(14-19)28-2)18-9-11-25(12-10-18)15-16-7-8-17(23)13-21(16)24/h4-8,13-14,18H,3,9-12,15H2,1-2H3. The molecule has 0 radical (unpaired) electrons. The third kappa shape index (κ3) is 4.68. The predicted octanol–water partition coefficient (Wildman–Crippen LogP) is 4.38.